The highest BCUT2D eigenvalue weighted by molar-refractivity contribution is 6.32. The zero-order valence-electron chi connectivity index (χ0n) is 9.79. The van der Waals surface area contributed by atoms with Crippen LogP contribution in [0.3, 0.4) is 0 Å². The van der Waals surface area contributed by atoms with Crippen molar-refractivity contribution in [3.63, 3.8) is 0 Å². The van der Waals surface area contributed by atoms with Gasteiger partial charge in [0.25, 0.3) is 0 Å². The van der Waals surface area contributed by atoms with Crippen LogP contribution in [0.15, 0.2) is 12.1 Å². The Labute approximate surface area is 112 Å². The molecule has 1 heterocycles. The second-order valence-corrected chi connectivity index (χ2v) is 5.35. The summed E-state index contributed by atoms with van der Waals surface area (Å²) >= 11 is 11.7. The highest BCUT2D eigenvalue weighted by Crippen LogP contribution is 2.24. The second kappa shape index (κ2) is 6.58. The van der Waals surface area contributed by atoms with Crippen molar-refractivity contribution in [2.75, 3.05) is 6.61 Å². The van der Waals surface area contributed by atoms with Crippen molar-refractivity contribution in [3.05, 3.63) is 28.0 Å². The lowest BCUT2D eigenvalue weighted by atomic mass is 9.90. The molecule has 1 aliphatic rings. The van der Waals surface area contributed by atoms with Crippen LogP contribution in [0, 0.1) is 5.92 Å². The smallest absolute Gasteiger partial charge is 0.136 e. The first-order chi connectivity index (χ1) is 8.25. The maximum Gasteiger partial charge on any atom is 0.136 e. The first-order valence-corrected chi connectivity index (χ1v) is 6.90. The van der Waals surface area contributed by atoms with Crippen LogP contribution >= 0.6 is 23.2 Å². The van der Waals surface area contributed by atoms with E-state index in [1.54, 1.807) is 6.07 Å². The zero-order valence-corrected chi connectivity index (χ0v) is 11.3. The van der Waals surface area contributed by atoms with Crippen LogP contribution in [0.4, 0.5) is 0 Å². The minimum atomic E-state index is 0.422. The van der Waals surface area contributed by atoms with E-state index in [2.05, 4.69) is 4.98 Å². The first kappa shape index (κ1) is 13.1. The van der Waals surface area contributed by atoms with Crippen LogP contribution in [-0.4, -0.2) is 11.6 Å². The predicted octanol–water partition coefficient (Wildman–Crippen LogP) is 4.49. The van der Waals surface area contributed by atoms with E-state index in [4.69, 9.17) is 27.9 Å². The number of ether oxygens (including phenoxy) is 1. The summed E-state index contributed by atoms with van der Waals surface area (Å²) in [6.45, 7) is 1.36. The van der Waals surface area contributed by atoms with Gasteiger partial charge in [-0.25, -0.2) is 4.98 Å². The van der Waals surface area contributed by atoms with Gasteiger partial charge < -0.3 is 4.74 Å². The van der Waals surface area contributed by atoms with E-state index in [0.717, 1.165) is 18.1 Å². The Balaban J connectivity index is 1.77. The average molecular weight is 274 g/mol. The molecule has 2 rings (SSSR count). The average Bonchev–Trinajstić information content (AvgIpc) is 2.33. The summed E-state index contributed by atoms with van der Waals surface area (Å²) in [7, 11) is 0. The van der Waals surface area contributed by atoms with E-state index < -0.39 is 0 Å². The molecule has 0 unspecified atom stereocenters. The second-order valence-electron chi connectivity index (χ2n) is 4.60. The number of rotatable bonds is 4. The van der Waals surface area contributed by atoms with Crippen molar-refractivity contribution in [1.29, 1.82) is 0 Å². The van der Waals surface area contributed by atoms with Crippen molar-refractivity contribution in [2.24, 2.45) is 5.92 Å². The SMILES string of the molecule is Clc1ccc(COCC2CCCCC2)c(Cl)n1. The Morgan fingerprint density at radius 3 is 2.65 bits per heavy atom. The van der Waals surface area contributed by atoms with Crippen molar-refractivity contribution in [2.45, 2.75) is 38.7 Å². The van der Waals surface area contributed by atoms with Gasteiger partial charge in [-0.3, -0.25) is 0 Å². The molecular weight excluding hydrogens is 257 g/mol. The van der Waals surface area contributed by atoms with Crippen molar-refractivity contribution < 1.29 is 4.74 Å². The van der Waals surface area contributed by atoms with E-state index >= 15 is 0 Å². The van der Waals surface area contributed by atoms with Gasteiger partial charge in [0.2, 0.25) is 0 Å². The first-order valence-electron chi connectivity index (χ1n) is 6.14. The lowest BCUT2D eigenvalue weighted by Crippen LogP contribution is -2.13. The van der Waals surface area contributed by atoms with Crippen LogP contribution in [0.1, 0.15) is 37.7 Å². The van der Waals surface area contributed by atoms with Crippen LogP contribution < -0.4 is 0 Å². The van der Waals surface area contributed by atoms with Gasteiger partial charge in [-0.1, -0.05) is 48.5 Å². The molecule has 17 heavy (non-hydrogen) atoms. The molecule has 2 nitrogen and oxygen atoms in total. The normalized spacial score (nSPS) is 17.3. The van der Waals surface area contributed by atoms with Gasteiger partial charge in [0.05, 0.1) is 6.61 Å². The maximum absolute atomic E-state index is 5.98. The van der Waals surface area contributed by atoms with Crippen molar-refractivity contribution >= 4 is 23.2 Å². The minimum Gasteiger partial charge on any atom is -0.376 e. The molecule has 0 radical (unpaired) electrons. The molecule has 4 heteroatoms. The molecule has 0 aromatic carbocycles. The standard InChI is InChI=1S/C13H17Cl2NO/c14-12-7-6-11(13(15)16-12)9-17-8-10-4-2-1-3-5-10/h6-7,10H,1-5,8-9H2. The third kappa shape index (κ3) is 4.13. The maximum atomic E-state index is 5.98. The summed E-state index contributed by atoms with van der Waals surface area (Å²) in [5.74, 6) is 0.725. The quantitative estimate of drug-likeness (QED) is 0.755. The molecule has 1 aromatic heterocycles. The van der Waals surface area contributed by atoms with Gasteiger partial charge in [-0.15, -0.1) is 0 Å². The Kier molecular flexibility index (Phi) is 5.08. The Morgan fingerprint density at radius 1 is 1.18 bits per heavy atom. The predicted molar refractivity (Wildman–Crippen MR) is 70.5 cm³/mol. The third-order valence-electron chi connectivity index (χ3n) is 3.23. The summed E-state index contributed by atoms with van der Waals surface area (Å²) in [4.78, 5) is 3.99. The molecule has 1 aromatic rings. The highest BCUT2D eigenvalue weighted by Gasteiger charge is 2.13. The van der Waals surface area contributed by atoms with E-state index in [1.165, 1.54) is 32.1 Å². The fraction of sp³-hybridized carbons (Fsp3) is 0.615. The summed E-state index contributed by atoms with van der Waals surface area (Å²) < 4.78 is 5.71. The Hall–Kier alpha value is -0.310. The van der Waals surface area contributed by atoms with Gasteiger partial charge in [0.1, 0.15) is 10.3 Å². The van der Waals surface area contributed by atoms with Crippen LogP contribution in [0.2, 0.25) is 10.3 Å². The lowest BCUT2D eigenvalue weighted by Gasteiger charge is -2.21. The monoisotopic (exact) mass is 273 g/mol. The Bertz CT molecular complexity index is 364. The summed E-state index contributed by atoms with van der Waals surface area (Å²) in [6.07, 6.45) is 6.66. The minimum absolute atomic E-state index is 0.422. The van der Waals surface area contributed by atoms with Crippen LogP contribution in [0.5, 0.6) is 0 Å². The van der Waals surface area contributed by atoms with E-state index in [9.17, 15) is 0 Å². The van der Waals surface area contributed by atoms with Crippen molar-refractivity contribution in [3.8, 4) is 0 Å². The zero-order chi connectivity index (χ0) is 12.1. The molecule has 94 valence electrons. The molecular formula is C13H17Cl2NO. The van der Waals surface area contributed by atoms with Gasteiger partial charge in [-0.2, -0.15) is 0 Å². The molecule has 0 saturated heterocycles. The van der Waals surface area contributed by atoms with E-state index in [-0.39, 0.29) is 0 Å². The number of aromatic nitrogens is 1. The molecule has 1 saturated carbocycles. The third-order valence-corrected chi connectivity index (χ3v) is 3.77. The fourth-order valence-electron chi connectivity index (χ4n) is 2.24. The largest absolute Gasteiger partial charge is 0.376 e. The van der Waals surface area contributed by atoms with Gasteiger partial charge in [0.15, 0.2) is 0 Å². The summed E-state index contributed by atoms with van der Waals surface area (Å²) in [5, 5.41) is 0.868. The molecule has 0 spiro atoms. The molecule has 0 amide bonds. The fourth-order valence-corrected chi connectivity index (χ4v) is 2.64. The van der Waals surface area contributed by atoms with E-state index in [1.807, 2.05) is 6.07 Å². The van der Waals surface area contributed by atoms with Gasteiger partial charge >= 0.3 is 0 Å². The molecule has 0 N–H and O–H groups in total. The lowest BCUT2D eigenvalue weighted by molar-refractivity contribution is 0.0738. The molecule has 1 aliphatic carbocycles. The highest BCUT2D eigenvalue weighted by atomic mass is 35.5. The Morgan fingerprint density at radius 2 is 1.94 bits per heavy atom. The number of pyridine rings is 1. The van der Waals surface area contributed by atoms with Crippen LogP contribution in [-0.2, 0) is 11.3 Å². The molecule has 0 atom stereocenters. The summed E-state index contributed by atoms with van der Waals surface area (Å²) in [6, 6.07) is 3.62. The number of halogens is 2. The van der Waals surface area contributed by atoms with Gasteiger partial charge in [-0.05, 0) is 24.8 Å². The topological polar surface area (TPSA) is 22.1 Å². The summed E-state index contributed by atoms with van der Waals surface area (Å²) in [5.41, 5.74) is 0.909. The number of hydrogen-bond donors (Lipinski definition) is 0. The molecule has 0 aliphatic heterocycles. The molecule has 1 fully saturated rings. The molecule has 0 bridgehead atoms. The van der Waals surface area contributed by atoms with Crippen molar-refractivity contribution in [1.82, 2.24) is 4.98 Å². The van der Waals surface area contributed by atoms with Crippen LogP contribution in [0.25, 0.3) is 0 Å². The number of hydrogen-bond acceptors (Lipinski definition) is 2. The number of nitrogens with zero attached hydrogens (tertiary/aromatic N) is 1. The van der Waals surface area contributed by atoms with Gasteiger partial charge in [0, 0.05) is 12.2 Å². The van der Waals surface area contributed by atoms with E-state index in [0.29, 0.717) is 16.9 Å².